The number of aliphatic carboxylic acids is 4. The lowest BCUT2D eigenvalue weighted by Crippen LogP contribution is -2.61. The van der Waals surface area contributed by atoms with E-state index in [1.807, 2.05) is 0 Å². The molecule has 0 saturated heterocycles. The Kier molecular flexibility index (Phi) is 30.7. The van der Waals surface area contributed by atoms with Crippen LogP contribution < -0.4 is 59.3 Å². The minimum atomic E-state index is -2.07. The molecule has 2 aromatic carbocycles. The van der Waals surface area contributed by atoms with Crippen molar-refractivity contribution in [2.24, 2.45) is 23.3 Å². The summed E-state index contributed by atoms with van der Waals surface area (Å²) < 4.78 is 0. The van der Waals surface area contributed by atoms with E-state index in [2.05, 4.69) is 57.8 Å². The van der Waals surface area contributed by atoms with Gasteiger partial charge in [-0.2, -0.15) is 0 Å². The molecule has 3 aromatic rings. The van der Waals surface area contributed by atoms with Crippen LogP contribution in [0.15, 0.2) is 67.1 Å². The molecule has 482 valence electrons. The monoisotopic (exact) mass is 1240 g/mol. The number of carbonyl (C=O) groups excluding carboxylic acids is 9. The quantitative estimate of drug-likeness (QED) is 0.0264. The van der Waals surface area contributed by atoms with Gasteiger partial charge >= 0.3 is 23.9 Å². The summed E-state index contributed by atoms with van der Waals surface area (Å²) in [4.78, 5) is 180. The third-order valence-corrected chi connectivity index (χ3v) is 13.3. The van der Waals surface area contributed by atoms with Crippen molar-refractivity contribution in [2.75, 3.05) is 13.1 Å². The van der Waals surface area contributed by atoms with Crippen LogP contribution in [-0.4, -0.2) is 180 Å². The van der Waals surface area contributed by atoms with E-state index in [1.54, 1.807) is 58.0 Å². The van der Waals surface area contributed by atoms with E-state index in [4.69, 9.17) is 11.5 Å². The Balaban J connectivity index is 1.98. The Hall–Kier alpha value is -9.52. The number of benzene rings is 2. The van der Waals surface area contributed by atoms with E-state index >= 15 is 0 Å². The number of amides is 9. The number of carboxylic acids is 4. The second-order valence-corrected chi connectivity index (χ2v) is 21.7. The molecular weight excluding hydrogens is 1150 g/mol. The maximum atomic E-state index is 14.7. The Morgan fingerprint density at radius 1 is 0.466 bits per heavy atom. The molecule has 88 heavy (non-hydrogen) atoms. The predicted octanol–water partition coefficient (Wildman–Crippen LogP) is -2.41. The van der Waals surface area contributed by atoms with Crippen LogP contribution in [0.2, 0.25) is 0 Å². The highest BCUT2D eigenvalue weighted by atomic mass is 16.4. The van der Waals surface area contributed by atoms with Crippen molar-refractivity contribution in [3.05, 3.63) is 83.9 Å². The number of phenols is 1. The number of rotatable bonds is 40. The smallest absolute Gasteiger partial charge is 0.326 e. The number of unbranched alkanes of at least 4 members (excludes halogenated alkanes) is 1. The first kappa shape index (κ1) is 72.7. The molecule has 0 aliphatic heterocycles. The number of imidazole rings is 1. The maximum absolute atomic E-state index is 14.7. The average molecular weight is 1240 g/mol. The molecular formula is C57H81N13O18. The normalized spacial score (nSPS) is 14.1. The van der Waals surface area contributed by atoms with Gasteiger partial charge < -0.3 is 89.8 Å². The number of aromatic nitrogens is 2. The standard InChI is InChI=1S/C57H81N13O18/c1-30(2)20-38(51(81)63-37(17-18-46(73)74)50(80)70-44(57(87)88)23-32-10-6-5-7-11-32)64-52(82)39(21-31(3)4)65-53(83)40(22-33-13-15-35(71)16-14-33)66-54(84)41(24-34-28-60-29-61-34)67-55(85)43(26-48(77)78)69-56(86)42(25-47(75)76)68-49(79)36(12-8-9-19-58)62-45(72)27-59/h5-7,10-11,13-16,28-31,36-44,71H,8-9,12,17-27,58-59H2,1-4H3,(H,60,61)(H,62,72)(H,63,81)(H,64,82)(H,65,83)(H,66,84)(H,67,85)(H,68,79)(H,69,86)(H,70,80)(H,73,74)(H,75,76)(H,77,78)(H,87,88)/t36-,37-,38-,39-,40-,41-,42-,43-,44-/m0/s1. The molecule has 31 nitrogen and oxygen atoms in total. The summed E-state index contributed by atoms with van der Waals surface area (Å²) in [7, 11) is 0. The van der Waals surface area contributed by atoms with Crippen LogP contribution in [0.5, 0.6) is 5.75 Å². The molecule has 0 spiro atoms. The van der Waals surface area contributed by atoms with E-state index in [9.17, 15) is 87.9 Å². The highest BCUT2D eigenvalue weighted by molar-refractivity contribution is 6.00. The molecule has 0 bridgehead atoms. The van der Waals surface area contributed by atoms with Crippen LogP contribution in [0.4, 0.5) is 0 Å². The number of nitrogens with two attached hydrogens (primary N) is 2. The number of aromatic hydroxyl groups is 1. The van der Waals surface area contributed by atoms with E-state index in [0.717, 1.165) is 0 Å². The first-order valence-electron chi connectivity index (χ1n) is 28.4. The molecule has 1 aromatic heterocycles. The third-order valence-electron chi connectivity index (χ3n) is 13.3. The molecule has 0 aliphatic carbocycles. The maximum Gasteiger partial charge on any atom is 0.326 e. The van der Waals surface area contributed by atoms with Crippen LogP contribution in [0, 0.1) is 11.8 Å². The number of carboxylic acid groups (broad SMARTS) is 4. The van der Waals surface area contributed by atoms with Crippen molar-refractivity contribution < 1.29 is 87.9 Å². The van der Waals surface area contributed by atoms with Gasteiger partial charge in [0.05, 0.1) is 25.7 Å². The predicted molar refractivity (Wildman–Crippen MR) is 312 cm³/mol. The molecule has 31 heteroatoms. The lowest BCUT2D eigenvalue weighted by Gasteiger charge is -2.29. The summed E-state index contributed by atoms with van der Waals surface area (Å²) in [5, 5.41) is 70.9. The van der Waals surface area contributed by atoms with Gasteiger partial charge in [0.25, 0.3) is 0 Å². The molecule has 0 fully saturated rings. The zero-order valence-electron chi connectivity index (χ0n) is 49.2. The number of aromatic amines is 1. The molecule has 3 rings (SSSR count). The summed E-state index contributed by atoms with van der Waals surface area (Å²) in [5.41, 5.74) is 12.1. The van der Waals surface area contributed by atoms with Crippen molar-refractivity contribution in [1.82, 2.24) is 57.8 Å². The molecule has 0 unspecified atom stereocenters. The Bertz CT molecular complexity index is 2860. The van der Waals surface area contributed by atoms with Gasteiger partial charge in [0.2, 0.25) is 53.2 Å². The minimum Gasteiger partial charge on any atom is -0.508 e. The fourth-order valence-corrected chi connectivity index (χ4v) is 8.86. The Morgan fingerprint density at radius 2 is 0.875 bits per heavy atom. The number of phenolic OH excluding ortho intramolecular Hbond substituents is 1. The number of hydrogen-bond acceptors (Lipinski definition) is 17. The molecule has 1 heterocycles. The van der Waals surface area contributed by atoms with Crippen molar-refractivity contribution in [1.29, 1.82) is 0 Å². The molecule has 0 radical (unpaired) electrons. The Morgan fingerprint density at radius 3 is 1.32 bits per heavy atom. The van der Waals surface area contributed by atoms with Crippen LogP contribution >= 0.6 is 0 Å². The number of H-pyrrole nitrogens is 1. The third kappa shape index (κ3) is 26.8. The van der Waals surface area contributed by atoms with E-state index in [1.165, 1.54) is 36.8 Å². The Labute approximate surface area is 506 Å². The van der Waals surface area contributed by atoms with Crippen molar-refractivity contribution in [2.45, 2.75) is 159 Å². The largest absolute Gasteiger partial charge is 0.508 e. The van der Waals surface area contributed by atoms with Crippen molar-refractivity contribution in [3.63, 3.8) is 0 Å². The summed E-state index contributed by atoms with van der Waals surface area (Å²) >= 11 is 0. The van der Waals surface area contributed by atoms with Gasteiger partial charge in [-0.25, -0.2) is 9.78 Å². The number of carbonyl (C=O) groups is 13. The molecule has 19 N–H and O–H groups in total. The fourth-order valence-electron chi connectivity index (χ4n) is 8.86. The number of hydrogen-bond donors (Lipinski definition) is 17. The van der Waals surface area contributed by atoms with Gasteiger partial charge in [-0.15, -0.1) is 0 Å². The molecule has 0 saturated carbocycles. The second kappa shape index (κ2) is 37.1. The van der Waals surface area contributed by atoms with E-state index in [0.29, 0.717) is 24.0 Å². The highest BCUT2D eigenvalue weighted by Crippen LogP contribution is 2.16. The SMILES string of the molecule is CC(C)C[C@H](NC(=O)[C@H](CC(C)C)NC(=O)[C@H](Cc1ccc(O)cc1)NC(=O)[C@H](Cc1cnc[nH]1)NC(=O)[C@H](CC(=O)O)NC(=O)[C@H](CC(=O)O)NC(=O)[C@H](CCCCN)NC(=O)CN)C(=O)N[C@@H](CCC(=O)O)C(=O)N[C@@H](Cc1ccccc1)C(=O)O. The second-order valence-electron chi connectivity index (χ2n) is 21.7. The van der Waals surface area contributed by atoms with Crippen LogP contribution in [0.1, 0.15) is 102 Å². The zero-order chi connectivity index (χ0) is 65.6. The first-order chi connectivity index (χ1) is 41.6. The van der Waals surface area contributed by atoms with E-state index < -0.39 is 170 Å². The van der Waals surface area contributed by atoms with E-state index in [-0.39, 0.29) is 61.9 Å². The minimum absolute atomic E-state index is 0.00809. The number of nitrogens with zero attached hydrogens (tertiary/aromatic N) is 1. The summed E-state index contributed by atoms with van der Waals surface area (Å²) in [6, 6.07) is -0.966. The van der Waals surface area contributed by atoms with Crippen LogP contribution in [-0.2, 0) is 81.6 Å². The zero-order valence-corrected chi connectivity index (χ0v) is 49.2. The van der Waals surface area contributed by atoms with Gasteiger partial charge in [-0.05, 0) is 80.2 Å². The van der Waals surface area contributed by atoms with Gasteiger partial charge in [-0.3, -0.25) is 57.5 Å². The van der Waals surface area contributed by atoms with Crippen LogP contribution in [0.3, 0.4) is 0 Å². The highest BCUT2D eigenvalue weighted by Gasteiger charge is 2.37. The van der Waals surface area contributed by atoms with Gasteiger partial charge in [0.15, 0.2) is 0 Å². The molecule has 9 atom stereocenters. The first-order valence-corrected chi connectivity index (χ1v) is 28.4. The van der Waals surface area contributed by atoms with Crippen molar-refractivity contribution >= 4 is 77.0 Å². The lowest BCUT2D eigenvalue weighted by atomic mass is 9.98. The lowest BCUT2D eigenvalue weighted by molar-refractivity contribution is -0.143. The van der Waals surface area contributed by atoms with Gasteiger partial charge in [0, 0.05) is 37.6 Å². The van der Waals surface area contributed by atoms with Crippen molar-refractivity contribution in [3.8, 4) is 5.75 Å². The summed E-state index contributed by atoms with van der Waals surface area (Å²) in [5.74, 6) is -16.3. The van der Waals surface area contributed by atoms with Gasteiger partial charge in [0.1, 0.15) is 60.1 Å². The summed E-state index contributed by atoms with van der Waals surface area (Å²) in [6.07, 6.45) is -1.20. The molecule has 9 amide bonds. The van der Waals surface area contributed by atoms with Gasteiger partial charge in [-0.1, -0.05) is 70.2 Å². The fraction of sp³-hybridized carbons (Fsp3) is 0.509. The molecule has 0 aliphatic rings. The average Bonchev–Trinajstić information content (AvgIpc) is 4.16. The summed E-state index contributed by atoms with van der Waals surface area (Å²) in [6.45, 7) is 6.57. The van der Waals surface area contributed by atoms with Crippen LogP contribution in [0.25, 0.3) is 0 Å². The number of nitrogens with one attached hydrogen (secondary N) is 10. The topological polar surface area (TPSA) is 512 Å².